The van der Waals surface area contributed by atoms with Crippen molar-refractivity contribution in [3.8, 4) is 6.07 Å². The summed E-state index contributed by atoms with van der Waals surface area (Å²) >= 11 is 12.0. The minimum atomic E-state index is -2.25. The summed E-state index contributed by atoms with van der Waals surface area (Å²) in [6.45, 7) is 0. The topological polar surface area (TPSA) is 143 Å². The van der Waals surface area contributed by atoms with E-state index in [0.29, 0.717) is 5.56 Å². The van der Waals surface area contributed by atoms with Crippen molar-refractivity contribution < 1.29 is 33.8 Å². The van der Waals surface area contributed by atoms with Gasteiger partial charge in [0.05, 0.1) is 32.8 Å². The number of carboxylic acid groups (broad SMARTS) is 1. The zero-order valence-electron chi connectivity index (χ0n) is 18.2. The van der Waals surface area contributed by atoms with E-state index in [2.05, 4.69) is 5.32 Å². The summed E-state index contributed by atoms with van der Waals surface area (Å²) < 4.78 is 10.3. The Hall–Kier alpha value is -4.39. The van der Waals surface area contributed by atoms with Gasteiger partial charge >= 0.3 is 17.9 Å². The van der Waals surface area contributed by atoms with Gasteiger partial charge in [-0.25, -0.2) is 14.4 Å². The first kappa shape index (κ1) is 26.2. The van der Waals surface area contributed by atoms with Crippen LogP contribution in [0.15, 0.2) is 72.8 Å². The molecule has 0 bridgehead atoms. The number of benzene rings is 3. The Morgan fingerprint density at radius 3 is 1.69 bits per heavy atom. The summed E-state index contributed by atoms with van der Waals surface area (Å²) in [6, 6.07) is 19.0. The van der Waals surface area contributed by atoms with Crippen LogP contribution in [0.2, 0.25) is 10.0 Å². The van der Waals surface area contributed by atoms with E-state index in [0.717, 1.165) is 0 Å². The number of carbonyl (C=O) groups is 4. The highest BCUT2D eigenvalue weighted by Crippen LogP contribution is 2.21. The number of carboxylic acids is 1. The Balaban J connectivity index is 1.94. The Morgan fingerprint density at radius 2 is 1.25 bits per heavy atom. The van der Waals surface area contributed by atoms with Gasteiger partial charge in [-0.15, -0.1) is 0 Å². The zero-order valence-corrected chi connectivity index (χ0v) is 19.7. The normalized spacial score (nSPS) is 11.9. The van der Waals surface area contributed by atoms with E-state index in [1.807, 2.05) is 6.07 Å². The van der Waals surface area contributed by atoms with Crippen LogP contribution in [-0.4, -0.2) is 41.1 Å². The van der Waals surface area contributed by atoms with E-state index in [4.69, 9.17) is 37.9 Å². The molecule has 3 aromatic carbocycles. The largest absolute Gasteiger partial charge is 0.478 e. The van der Waals surface area contributed by atoms with Crippen LogP contribution in [0.5, 0.6) is 0 Å². The molecule has 0 aromatic heterocycles. The quantitative estimate of drug-likeness (QED) is 0.412. The molecule has 2 N–H and O–H groups in total. The lowest BCUT2D eigenvalue weighted by molar-refractivity contribution is -0.157. The molecule has 1 amide bonds. The van der Waals surface area contributed by atoms with Gasteiger partial charge in [-0.3, -0.25) is 4.79 Å². The molecule has 0 fully saturated rings. The Labute approximate surface area is 214 Å². The molecule has 0 saturated carbocycles. The second kappa shape index (κ2) is 11.8. The summed E-state index contributed by atoms with van der Waals surface area (Å²) in [5, 5.41) is 21.1. The number of nitrogens with one attached hydrogen (secondary N) is 1. The summed E-state index contributed by atoms with van der Waals surface area (Å²) in [5.41, 5.74) is 0.178. The smallest absolute Gasteiger partial charge is 0.349 e. The number of nitrogens with zero attached hydrogens (tertiary/aromatic N) is 1. The third-order valence-electron chi connectivity index (χ3n) is 4.71. The first-order valence-electron chi connectivity index (χ1n) is 10.2. The van der Waals surface area contributed by atoms with Crippen LogP contribution in [0, 0.1) is 11.3 Å². The van der Waals surface area contributed by atoms with Gasteiger partial charge < -0.3 is 19.9 Å². The number of nitriles is 1. The highest BCUT2D eigenvalue weighted by atomic mass is 35.5. The number of esters is 2. The monoisotopic (exact) mass is 526 g/mol. The molecule has 0 heterocycles. The van der Waals surface area contributed by atoms with Crippen molar-refractivity contribution in [1.29, 1.82) is 5.26 Å². The van der Waals surface area contributed by atoms with E-state index < -0.39 is 36.0 Å². The maximum absolute atomic E-state index is 13.1. The average Bonchev–Trinajstić information content (AvgIpc) is 2.86. The second-order valence-corrected chi connectivity index (χ2v) is 7.94. The van der Waals surface area contributed by atoms with E-state index in [1.165, 1.54) is 60.7 Å². The molecular formula is C25H16Cl2N2O7. The van der Waals surface area contributed by atoms with Gasteiger partial charge in [0.25, 0.3) is 5.91 Å². The van der Waals surface area contributed by atoms with Crippen LogP contribution in [0.3, 0.4) is 0 Å². The predicted octanol–water partition coefficient (Wildman–Crippen LogP) is 4.34. The van der Waals surface area contributed by atoms with E-state index >= 15 is 0 Å². The summed E-state index contributed by atoms with van der Waals surface area (Å²) in [6.07, 6.45) is -4.38. The molecule has 2 atom stereocenters. The number of halogens is 2. The van der Waals surface area contributed by atoms with Gasteiger partial charge in [0, 0.05) is 5.69 Å². The van der Waals surface area contributed by atoms with E-state index in [9.17, 15) is 24.3 Å². The highest BCUT2D eigenvalue weighted by molar-refractivity contribution is 6.34. The Bertz CT molecular complexity index is 1350. The van der Waals surface area contributed by atoms with Gasteiger partial charge in [0.1, 0.15) is 0 Å². The van der Waals surface area contributed by atoms with Crippen molar-refractivity contribution in [3.05, 3.63) is 99.5 Å². The fourth-order valence-electron chi connectivity index (χ4n) is 2.95. The number of hydrogen-bond donors (Lipinski definition) is 2. The third kappa shape index (κ3) is 6.39. The van der Waals surface area contributed by atoms with Gasteiger partial charge in [0.2, 0.25) is 12.2 Å². The van der Waals surface area contributed by atoms with Gasteiger partial charge in [-0.1, -0.05) is 47.5 Å². The molecule has 3 rings (SSSR count). The lowest BCUT2D eigenvalue weighted by Gasteiger charge is -2.24. The molecule has 0 aliphatic rings. The number of aliphatic carboxylic acids is 1. The molecule has 11 heteroatoms. The highest BCUT2D eigenvalue weighted by Gasteiger charge is 2.41. The van der Waals surface area contributed by atoms with E-state index in [1.54, 1.807) is 12.1 Å². The standard InChI is InChI=1S/C25H16Cl2N2O7/c26-18-7-3-1-5-16(18)24(33)35-20(22(30)29-15-11-9-14(13-28)10-12-15)21(23(31)32)36-25(34)17-6-2-4-8-19(17)27/h1-12,20-21H,(H,29,30)(H,31,32)/t20-,21-/m0/s1. The fraction of sp³-hybridized carbons (Fsp3) is 0.0800. The SMILES string of the molecule is N#Cc1ccc(NC(=O)[C@@H](OC(=O)c2ccccc2Cl)[C@H](OC(=O)c2ccccc2Cl)C(=O)O)cc1. The van der Waals surface area contributed by atoms with E-state index in [-0.39, 0.29) is 26.9 Å². The second-order valence-electron chi connectivity index (χ2n) is 7.13. The number of hydrogen-bond acceptors (Lipinski definition) is 7. The van der Waals surface area contributed by atoms with Crippen molar-refractivity contribution in [2.24, 2.45) is 0 Å². The number of carbonyl (C=O) groups excluding carboxylic acids is 3. The predicted molar refractivity (Wildman–Crippen MR) is 129 cm³/mol. The Kier molecular flexibility index (Phi) is 8.62. The van der Waals surface area contributed by atoms with Gasteiger partial charge in [0.15, 0.2) is 0 Å². The van der Waals surface area contributed by atoms with Crippen LogP contribution >= 0.6 is 23.2 Å². The lowest BCUT2D eigenvalue weighted by Crippen LogP contribution is -2.48. The van der Waals surface area contributed by atoms with Crippen LogP contribution in [0.25, 0.3) is 0 Å². The molecule has 0 radical (unpaired) electrons. The van der Waals surface area contributed by atoms with Crippen LogP contribution < -0.4 is 5.32 Å². The molecule has 0 saturated heterocycles. The Morgan fingerprint density at radius 1 is 0.778 bits per heavy atom. The molecule has 0 aliphatic carbocycles. The fourth-order valence-corrected chi connectivity index (χ4v) is 3.37. The van der Waals surface area contributed by atoms with Crippen molar-refractivity contribution >= 4 is 52.7 Å². The average molecular weight is 527 g/mol. The number of rotatable bonds is 8. The minimum Gasteiger partial charge on any atom is -0.478 e. The number of anilines is 1. The molecule has 182 valence electrons. The molecule has 9 nitrogen and oxygen atoms in total. The van der Waals surface area contributed by atoms with Crippen LogP contribution in [0.1, 0.15) is 26.3 Å². The molecule has 0 unspecified atom stereocenters. The molecule has 36 heavy (non-hydrogen) atoms. The van der Waals surface area contributed by atoms with Gasteiger partial charge in [-0.2, -0.15) is 5.26 Å². The molecular weight excluding hydrogens is 511 g/mol. The first-order valence-corrected chi connectivity index (χ1v) is 10.9. The summed E-state index contributed by atoms with van der Waals surface area (Å²) in [7, 11) is 0. The van der Waals surface area contributed by atoms with Crippen LogP contribution in [-0.2, 0) is 19.1 Å². The minimum absolute atomic E-state index is 0.00584. The zero-order chi connectivity index (χ0) is 26.2. The maximum Gasteiger partial charge on any atom is 0.349 e. The van der Waals surface area contributed by atoms with Crippen LogP contribution in [0.4, 0.5) is 5.69 Å². The van der Waals surface area contributed by atoms with Gasteiger partial charge in [-0.05, 0) is 48.5 Å². The molecule has 0 spiro atoms. The lowest BCUT2D eigenvalue weighted by atomic mass is 10.1. The molecule has 3 aromatic rings. The third-order valence-corrected chi connectivity index (χ3v) is 5.37. The van der Waals surface area contributed by atoms with Crippen molar-refractivity contribution in [1.82, 2.24) is 0 Å². The summed E-state index contributed by atoms with van der Waals surface area (Å²) in [4.78, 5) is 50.6. The molecule has 0 aliphatic heterocycles. The maximum atomic E-state index is 13.1. The van der Waals surface area contributed by atoms with Crippen molar-refractivity contribution in [2.45, 2.75) is 12.2 Å². The number of amides is 1. The first-order chi connectivity index (χ1) is 17.2. The number of ether oxygens (including phenoxy) is 2. The van der Waals surface area contributed by atoms with Crippen molar-refractivity contribution in [3.63, 3.8) is 0 Å². The summed E-state index contributed by atoms with van der Waals surface area (Å²) in [5.74, 6) is -5.15. The van der Waals surface area contributed by atoms with Crippen molar-refractivity contribution in [2.75, 3.05) is 5.32 Å².